The summed E-state index contributed by atoms with van der Waals surface area (Å²) in [6.07, 6.45) is -3.86. The van der Waals surface area contributed by atoms with Crippen LogP contribution in [-0.4, -0.2) is 6.61 Å². The number of fused-ring (bicyclic) bond motifs is 1. The van der Waals surface area contributed by atoms with E-state index in [2.05, 4.69) is 0 Å². The van der Waals surface area contributed by atoms with Crippen LogP contribution in [0.1, 0.15) is 16.7 Å². The molecule has 0 fully saturated rings. The number of nitrogens with zero attached hydrogens (tertiary/aromatic N) is 1. The second-order valence-electron chi connectivity index (χ2n) is 4.52. The van der Waals surface area contributed by atoms with Gasteiger partial charge in [-0.25, -0.2) is 0 Å². The number of halogens is 4. The van der Waals surface area contributed by atoms with Crippen molar-refractivity contribution in [2.45, 2.75) is 12.6 Å². The second kappa shape index (κ2) is 6.71. The molecule has 6 heteroatoms. The summed E-state index contributed by atoms with van der Waals surface area (Å²) in [7, 11) is 0. The van der Waals surface area contributed by atoms with Crippen LogP contribution in [0.5, 0.6) is 5.75 Å². The maximum absolute atomic E-state index is 12.3. The van der Waals surface area contributed by atoms with Gasteiger partial charge in [0.1, 0.15) is 5.75 Å². The zero-order valence-corrected chi connectivity index (χ0v) is 12.1. The highest BCUT2D eigenvalue weighted by Crippen LogP contribution is 2.39. The van der Waals surface area contributed by atoms with Gasteiger partial charge in [-0.15, -0.1) is 0 Å². The van der Waals surface area contributed by atoms with Crippen LogP contribution >= 0.6 is 11.6 Å². The Morgan fingerprint density at radius 1 is 1.14 bits per heavy atom. The minimum Gasteiger partial charge on any atom is -0.491 e. The maximum atomic E-state index is 12.3. The first kappa shape index (κ1) is 16.2. The van der Waals surface area contributed by atoms with Gasteiger partial charge in [0.2, 0.25) is 0 Å². The number of rotatable bonds is 0. The molecule has 22 heavy (non-hydrogen) atoms. The molecule has 1 heterocycles. The molecule has 1 aliphatic heterocycles. The van der Waals surface area contributed by atoms with Crippen molar-refractivity contribution in [2.24, 2.45) is 0 Å². The van der Waals surface area contributed by atoms with E-state index in [0.29, 0.717) is 29.9 Å². The van der Waals surface area contributed by atoms with Crippen LogP contribution in [0.25, 0.3) is 0 Å². The van der Waals surface area contributed by atoms with Crippen LogP contribution in [0.4, 0.5) is 13.2 Å². The lowest BCUT2D eigenvalue weighted by atomic mass is 10.1. The van der Waals surface area contributed by atoms with Crippen LogP contribution < -0.4 is 4.74 Å². The third-order valence-corrected chi connectivity index (χ3v) is 3.25. The molecule has 1 aliphatic rings. The normalized spacial score (nSPS) is 12.5. The Hall–Kier alpha value is -2.19. The van der Waals surface area contributed by atoms with Gasteiger partial charge in [0, 0.05) is 6.42 Å². The van der Waals surface area contributed by atoms with E-state index in [1.54, 1.807) is 12.1 Å². The number of nitriles is 1. The first-order valence-electron chi connectivity index (χ1n) is 6.39. The SMILES string of the molecule is FC(F)(F)c1cc(Cl)c2c(c1)CCO2.N#Cc1ccccc1. The minimum absolute atomic E-state index is 0.0346. The highest BCUT2D eigenvalue weighted by Gasteiger charge is 2.33. The third-order valence-electron chi connectivity index (χ3n) is 2.97. The Morgan fingerprint density at radius 2 is 1.82 bits per heavy atom. The molecule has 2 aromatic rings. The molecule has 0 spiro atoms. The van der Waals surface area contributed by atoms with E-state index in [-0.39, 0.29) is 5.02 Å². The smallest absolute Gasteiger partial charge is 0.416 e. The summed E-state index contributed by atoms with van der Waals surface area (Å²) in [4.78, 5) is 0. The second-order valence-corrected chi connectivity index (χ2v) is 4.93. The monoisotopic (exact) mass is 325 g/mol. The van der Waals surface area contributed by atoms with Crippen LogP contribution in [0.2, 0.25) is 5.02 Å². The Balaban J connectivity index is 0.000000188. The number of hydrogen-bond acceptors (Lipinski definition) is 2. The molecule has 0 atom stereocenters. The van der Waals surface area contributed by atoms with Crippen molar-refractivity contribution >= 4 is 11.6 Å². The standard InChI is InChI=1S/C9H6ClF3O.C7H5N/c10-7-4-6(9(11,12)13)3-5-1-2-14-8(5)7;8-6-7-4-2-1-3-5-7/h3-4H,1-2H2;1-5H. The highest BCUT2D eigenvalue weighted by atomic mass is 35.5. The van der Waals surface area contributed by atoms with E-state index in [1.807, 2.05) is 24.3 Å². The fourth-order valence-corrected chi connectivity index (χ4v) is 2.23. The van der Waals surface area contributed by atoms with E-state index in [0.717, 1.165) is 12.1 Å². The lowest BCUT2D eigenvalue weighted by Crippen LogP contribution is -2.05. The number of benzene rings is 2. The molecule has 2 aromatic carbocycles. The molecule has 0 aliphatic carbocycles. The van der Waals surface area contributed by atoms with Crippen molar-refractivity contribution in [1.82, 2.24) is 0 Å². The van der Waals surface area contributed by atoms with E-state index >= 15 is 0 Å². The maximum Gasteiger partial charge on any atom is 0.416 e. The summed E-state index contributed by atoms with van der Waals surface area (Å²) in [6, 6.07) is 13.1. The molecule has 0 unspecified atom stereocenters. The van der Waals surface area contributed by atoms with Gasteiger partial charge in [-0.1, -0.05) is 29.8 Å². The zero-order chi connectivity index (χ0) is 16.2. The molecule has 0 bridgehead atoms. The first-order chi connectivity index (χ1) is 10.4. The van der Waals surface area contributed by atoms with Crippen molar-refractivity contribution in [3.63, 3.8) is 0 Å². The van der Waals surface area contributed by atoms with Gasteiger partial charge in [0.05, 0.1) is 28.8 Å². The Morgan fingerprint density at radius 3 is 2.36 bits per heavy atom. The number of alkyl halides is 3. The predicted octanol–water partition coefficient (Wildman–Crippen LogP) is 4.85. The Bertz CT molecular complexity index is 693. The van der Waals surface area contributed by atoms with Crippen LogP contribution in [0.3, 0.4) is 0 Å². The third kappa shape index (κ3) is 3.92. The quantitative estimate of drug-likeness (QED) is 0.693. The average Bonchev–Trinajstić information content (AvgIpc) is 2.97. The molecule has 0 radical (unpaired) electrons. The molecule has 0 saturated carbocycles. The Kier molecular flexibility index (Phi) is 4.94. The largest absolute Gasteiger partial charge is 0.491 e. The highest BCUT2D eigenvalue weighted by molar-refractivity contribution is 6.32. The summed E-state index contributed by atoms with van der Waals surface area (Å²) < 4.78 is 42.1. The van der Waals surface area contributed by atoms with E-state index < -0.39 is 11.7 Å². The molecule has 0 N–H and O–H groups in total. The Labute approximate surface area is 130 Å². The van der Waals surface area contributed by atoms with Crippen molar-refractivity contribution in [3.8, 4) is 11.8 Å². The molecule has 2 nitrogen and oxygen atoms in total. The topological polar surface area (TPSA) is 33.0 Å². The summed E-state index contributed by atoms with van der Waals surface area (Å²) >= 11 is 5.66. The van der Waals surface area contributed by atoms with Gasteiger partial charge < -0.3 is 4.74 Å². The van der Waals surface area contributed by atoms with E-state index in [1.165, 1.54) is 0 Å². The van der Waals surface area contributed by atoms with Crippen molar-refractivity contribution in [2.75, 3.05) is 6.61 Å². The van der Waals surface area contributed by atoms with Crippen molar-refractivity contribution < 1.29 is 17.9 Å². The fraction of sp³-hybridized carbons (Fsp3) is 0.188. The first-order valence-corrected chi connectivity index (χ1v) is 6.77. The molecule has 0 saturated heterocycles. The fourth-order valence-electron chi connectivity index (χ4n) is 1.94. The van der Waals surface area contributed by atoms with Gasteiger partial charge in [-0.2, -0.15) is 18.4 Å². The molecular formula is C16H11ClF3NO. The van der Waals surface area contributed by atoms with E-state index in [9.17, 15) is 13.2 Å². The molecule has 0 aromatic heterocycles. The van der Waals surface area contributed by atoms with Gasteiger partial charge in [0.15, 0.2) is 0 Å². The van der Waals surface area contributed by atoms with Gasteiger partial charge in [-0.05, 0) is 29.8 Å². The van der Waals surface area contributed by atoms with Crippen molar-refractivity contribution in [3.05, 3.63) is 64.2 Å². The molecule has 3 rings (SSSR count). The van der Waals surface area contributed by atoms with Gasteiger partial charge in [0.25, 0.3) is 0 Å². The molecule has 114 valence electrons. The summed E-state index contributed by atoms with van der Waals surface area (Å²) in [6.45, 7) is 0.399. The minimum atomic E-state index is -4.35. The summed E-state index contributed by atoms with van der Waals surface area (Å²) in [5.41, 5.74) is 0.532. The summed E-state index contributed by atoms with van der Waals surface area (Å²) in [5, 5.41) is 8.32. The predicted molar refractivity (Wildman–Crippen MR) is 76.8 cm³/mol. The summed E-state index contributed by atoms with van der Waals surface area (Å²) in [5.74, 6) is 0.389. The number of ether oxygens (including phenoxy) is 1. The van der Waals surface area contributed by atoms with Gasteiger partial charge in [-0.3, -0.25) is 0 Å². The van der Waals surface area contributed by atoms with Crippen LogP contribution in [-0.2, 0) is 12.6 Å². The van der Waals surface area contributed by atoms with Gasteiger partial charge >= 0.3 is 6.18 Å². The average molecular weight is 326 g/mol. The van der Waals surface area contributed by atoms with Crippen LogP contribution in [0.15, 0.2) is 42.5 Å². The zero-order valence-electron chi connectivity index (χ0n) is 11.3. The lowest BCUT2D eigenvalue weighted by Gasteiger charge is -2.09. The molecule has 0 amide bonds. The molecular weight excluding hydrogens is 315 g/mol. The van der Waals surface area contributed by atoms with Crippen LogP contribution in [0, 0.1) is 11.3 Å². The van der Waals surface area contributed by atoms with Crippen molar-refractivity contribution in [1.29, 1.82) is 5.26 Å². The lowest BCUT2D eigenvalue weighted by molar-refractivity contribution is -0.137. The number of hydrogen-bond donors (Lipinski definition) is 0. The van der Waals surface area contributed by atoms with E-state index in [4.69, 9.17) is 21.6 Å².